The summed E-state index contributed by atoms with van der Waals surface area (Å²) in [5.74, 6) is -1.82. The quantitative estimate of drug-likeness (QED) is 0.682. The summed E-state index contributed by atoms with van der Waals surface area (Å²) in [5, 5.41) is 7.35. The van der Waals surface area contributed by atoms with Crippen LogP contribution in [0.15, 0.2) is 53.4 Å². The second-order valence-corrected chi connectivity index (χ2v) is 6.66. The number of hydrogen-bond donors (Lipinski definition) is 2. The highest BCUT2D eigenvalue weighted by Crippen LogP contribution is 2.17. The van der Waals surface area contributed by atoms with Gasteiger partial charge < -0.3 is 14.8 Å². The molecule has 0 radical (unpaired) electrons. The van der Waals surface area contributed by atoms with Gasteiger partial charge in [-0.05, 0) is 42.5 Å². The van der Waals surface area contributed by atoms with Crippen LogP contribution in [0.5, 0.6) is 5.75 Å². The molecule has 8 nitrogen and oxygen atoms in total. The molecule has 3 N–H and O–H groups in total. The fraction of sp³-hybridized carbons (Fsp3) is 0.125. The molecule has 0 aromatic heterocycles. The predicted molar refractivity (Wildman–Crippen MR) is 89.8 cm³/mol. The number of primary sulfonamides is 1. The summed E-state index contributed by atoms with van der Waals surface area (Å²) in [4.78, 5) is 23.5. The zero-order valence-corrected chi connectivity index (χ0v) is 14.4. The van der Waals surface area contributed by atoms with Crippen LogP contribution in [-0.4, -0.2) is 33.5 Å². The fourth-order valence-electron chi connectivity index (χ4n) is 1.94. The van der Waals surface area contributed by atoms with E-state index < -0.39 is 35.1 Å². The van der Waals surface area contributed by atoms with E-state index in [4.69, 9.17) is 9.88 Å². The van der Waals surface area contributed by atoms with Crippen LogP contribution in [-0.2, 0) is 19.6 Å². The molecular weight excluding hydrogens is 386 g/mol. The zero-order valence-electron chi connectivity index (χ0n) is 13.6. The highest BCUT2D eigenvalue weighted by molar-refractivity contribution is 7.89. The lowest BCUT2D eigenvalue weighted by Gasteiger charge is -2.08. The van der Waals surface area contributed by atoms with Crippen LogP contribution in [0.2, 0.25) is 0 Å². The molecule has 0 spiro atoms. The molecule has 0 bridgehead atoms. The van der Waals surface area contributed by atoms with Gasteiger partial charge in [-0.2, -0.15) is 8.78 Å². The Morgan fingerprint density at radius 3 is 2.37 bits per heavy atom. The molecule has 0 saturated carbocycles. The summed E-state index contributed by atoms with van der Waals surface area (Å²) in [7, 11) is -3.85. The largest absolute Gasteiger partial charge is 0.452 e. The molecule has 0 heterocycles. The molecule has 144 valence electrons. The van der Waals surface area contributed by atoms with Crippen molar-refractivity contribution in [3.8, 4) is 5.75 Å². The lowest BCUT2D eigenvalue weighted by atomic mass is 10.2. The molecule has 2 aromatic rings. The van der Waals surface area contributed by atoms with Crippen molar-refractivity contribution in [3.63, 3.8) is 0 Å². The number of rotatable bonds is 7. The predicted octanol–water partition coefficient (Wildman–Crippen LogP) is 1.73. The van der Waals surface area contributed by atoms with E-state index in [2.05, 4.69) is 10.1 Å². The maximum absolute atomic E-state index is 12.2. The summed E-state index contributed by atoms with van der Waals surface area (Å²) in [6.07, 6.45) is 0. The van der Waals surface area contributed by atoms with Gasteiger partial charge in [0.1, 0.15) is 5.75 Å². The third-order valence-corrected chi connectivity index (χ3v) is 4.03. The van der Waals surface area contributed by atoms with Crippen molar-refractivity contribution in [2.45, 2.75) is 11.5 Å². The second kappa shape index (κ2) is 8.56. The molecule has 27 heavy (non-hydrogen) atoms. The van der Waals surface area contributed by atoms with Gasteiger partial charge in [0.25, 0.3) is 5.91 Å². The number of ether oxygens (including phenoxy) is 2. The number of benzene rings is 2. The van der Waals surface area contributed by atoms with Gasteiger partial charge in [-0.15, -0.1) is 0 Å². The molecular formula is C16H14F2N2O6S. The van der Waals surface area contributed by atoms with Crippen LogP contribution in [0.4, 0.5) is 14.5 Å². The van der Waals surface area contributed by atoms with Gasteiger partial charge in [-0.3, -0.25) is 4.79 Å². The van der Waals surface area contributed by atoms with Gasteiger partial charge >= 0.3 is 12.6 Å². The molecule has 0 saturated heterocycles. The van der Waals surface area contributed by atoms with Gasteiger partial charge in [0.15, 0.2) is 6.61 Å². The number of nitrogens with one attached hydrogen (secondary N) is 1. The first kappa shape index (κ1) is 20.3. The number of esters is 1. The Bertz CT molecular complexity index is 932. The van der Waals surface area contributed by atoms with Crippen molar-refractivity contribution >= 4 is 27.6 Å². The van der Waals surface area contributed by atoms with Crippen LogP contribution in [0.3, 0.4) is 0 Å². The minimum absolute atomic E-state index is 0.0709. The zero-order chi connectivity index (χ0) is 20.0. The van der Waals surface area contributed by atoms with Crippen LogP contribution >= 0.6 is 0 Å². The summed E-state index contributed by atoms with van der Waals surface area (Å²) >= 11 is 0. The van der Waals surface area contributed by atoms with Crippen LogP contribution in [0, 0.1) is 0 Å². The van der Waals surface area contributed by atoms with E-state index in [-0.39, 0.29) is 21.9 Å². The number of hydrogen-bond acceptors (Lipinski definition) is 6. The van der Waals surface area contributed by atoms with Crippen molar-refractivity contribution in [1.29, 1.82) is 0 Å². The molecule has 0 aliphatic carbocycles. The average Bonchev–Trinajstić information content (AvgIpc) is 2.59. The Labute approximate surface area is 152 Å². The summed E-state index contributed by atoms with van der Waals surface area (Å²) in [5.41, 5.74) is 0.189. The number of halogens is 2. The van der Waals surface area contributed by atoms with Gasteiger partial charge in [0, 0.05) is 5.69 Å². The maximum Gasteiger partial charge on any atom is 0.387 e. The van der Waals surface area contributed by atoms with E-state index in [1.807, 2.05) is 0 Å². The Balaban J connectivity index is 1.90. The van der Waals surface area contributed by atoms with Crippen molar-refractivity contribution < 1.29 is 36.3 Å². The first-order valence-corrected chi connectivity index (χ1v) is 8.84. The number of anilines is 1. The van der Waals surface area contributed by atoms with Gasteiger partial charge in [0.05, 0.1) is 10.5 Å². The third kappa shape index (κ3) is 6.31. The van der Waals surface area contributed by atoms with E-state index in [0.717, 1.165) is 6.07 Å². The first-order valence-electron chi connectivity index (χ1n) is 7.30. The number of carbonyl (C=O) groups excluding carboxylic acids is 2. The Morgan fingerprint density at radius 1 is 1.11 bits per heavy atom. The number of carbonyl (C=O) groups is 2. The summed E-state index contributed by atoms with van der Waals surface area (Å²) < 4.78 is 55.6. The number of nitrogens with two attached hydrogens (primary N) is 1. The van der Waals surface area contributed by atoms with Crippen molar-refractivity contribution in [2.24, 2.45) is 5.14 Å². The number of sulfonamides is 1. The van der Waals surface area contributed by atoms with Crippen LogP contribution in [0.1, 0.15) is 10.4 Å². The minimum Gasteiger partial charge on any atom is -0.452 e. The van der Waals surface area contributed by atoms with Gasteiger partial charge in [-0.25, -0.2) is 18.4 Å². The van der Waals surface area contributed by atoms with Crippen molar-refractivity contribution in [3.05, 3.63) is 54.1 Å². The summed E-state index contributed by atoms with van der Waals surface area (Å²) in [6, 6.07) is 9.94. The average molecular weight is 400 g/mol. The molecule has 2 rings (SSSR count). The SMILES string of the molecule is NS(=O)(=O)c1ccc(NC(=O)COC(=O)c2cccc(OC(F)F)c2)cc1. The van der Waals surface area contributed by atoms with E-state index in [9.17, 15) is 26.8 Å². The van der Waals surface area contributed by atoms with E-state index in [1.165, 1.54) is 42.5 Å². The Kier molecular flexibility index (Phi) is 6.42. The molecule has 0 fully saturated rings. The van der Waals surface area contributed by atoms with Crippen molar-refractivity contribution in [2.75, 3.05) is 11.9 Å². The molecule has 11 heteroatoms. The third-order valence-electron chi connectivity index (χ3n) is 3.10. The van der Waals surface area contributed by atoms with E-state index in [1.54, 1.807) is 0 Å². The van der Waals surface area contributed by atoms with Crippen LogP contribution in [0.25, 0.3) is 0 Å². The fourth-order valence-corrected chi connectivity index (χ4v) is 2.45. The monoisotopic (exact) mass is 400 g/mol. The van der Waals surface area contributed by atoms with Crippen molar-refractivity contribution in [1.82, 2.24) is 0 Å². The summed E-state index contributed by atoms with van der Waals surface area (Å²) in [6.45, 7) is -3.68. The molecule has 0 aliphatic heterocycles. The molecule has 0 aliphatic rings. The molecule has 2 aromatic carbocycles. The smallest absolute Gasteiger partial charge is 0.387 e. The number of amides is 1. The Morgan fingerprint density at radius 2 is 1.78 bits per heavy atom. The second-order valence-electron chi connectivity index (χ2n) is 5.10. The van der Waals surface area contributed by atoms with E-state index in [0.29, 0.717) is 0 Å². The number of alkyl halides is 2. The molecule has 1 amide bonds. The topological polar surface area (TPSA) is 125 Å². The van der Waals surface area contributed by atoms with Crippen LogP contribution < -0.4 is 15.2 Å². The van der Waals surface area contributed by atoms with E-state index >= 15 is 0 Å². The lowest BCUT2D eigenvalue weighted by molar-refractivity contribution is -0.119. The highest BCUT2D eigenvalue weighted by atomic mass is 32.2. The van der Waals surface area contributed by atoms with Gasteiger partial charge in [-0.1, -0.05) is 6.07 Å². The Hall–Kier alpha value is -3.05. The lowest BCUT2D eigenvalue weighted by Crippen LogP contribution is -2.21. The first-order chi connectivity index (χ1) is 12.6. The maximum atomic E-state index is 12.2. The standard InChI is InChI=1S/C16H14F2N2O6S/c17-16(18)26-12-3-1-2-10(8-12)15(22)25-9-14(21)20-11-4-6-13(7-5-11)27(19,23)24/h1-8,16H,9H2,(H,20,21)(H2,19,23,24). The molecule has 0 atom stereocenters. The highest BCUT2D eigenvalue weighted by Gasteiger charge is 2.13. The normalized spacial score (nSPS) is 11.1. The molecule has 0 unspecified atom stereocenters. The van der Waals surface area contributed by atoms with Gasteiger partial charge in [0.2, 0.25) is 10.0 Å². The minimum atomic E-state index is -3.85.